The molecule has 0 aliphatic heterocycles. The first-order valence-corrected chi connectivity index (χ1v) is 16.8. The molecular formula is C34H64NO6+. The van der Waals surface area contributed by atoms with Crippen molar-refractivity contribution < 1.29 is 34.2 Å². The molecule has 0 aliphatic rings. The van der Waals surface area contributed by atoms with Gasteiger partial charge in [0.05, 0.1) is 26.2 Å². The monoisotopic (exact) mass is 582 g/mol. The number of allylic oxidation sites excluding steroid dienone is 2. The lowest BCUT2D eigenvalue weighted by Crippen LogP contribution is -2.58. The molecule has 3 atom stereocenters. The van der Waals surface area contributed by atoms with Gasteiger partial charge in [0.1, 0.15) is 17.8 Å². The van der Waals surface area contributed by atoms with Crippen LogP contribution in [0.15, 0.2) is 12.2 Å². The van der Waals surface area contributed by atoms with Crippen molar-refractivity contribution in [2.24, 2.45) is 17.8 Å². The van der Waals surface area contributed by atoms with Crippen molar-refractivity contribution in [3.63, 3.8) is 0 Å². The highest BCUT2D eigenvalue weighted by Crippen LogP contribution is 2.25. The van der Waals surface area contributed by atoms with Crippen LogP contribution in [0.4, 0.5) is 0 Å². The van der Waals surface area contributed by atoms with Crippen molar-refractivity contribution in [2.45, 2.75) is 143 Å². The van der Waals surface area contributed by atoms with E-state index in [1.165, 1.54) is 64.2 Å². The average Bonchev–Trinajstić information content (AvgIpc) is 2.94. The van der Waals surface area contributed by atoms with E-state index in [9.17, 15) is 29.7 Å². The van der Waals surface area contributed by atoms with E-state index >= 15 is 0 Å². The van der Waals surface area contributed by atoms with Gasteiger partial charge in [0.2, 0.25) is 0 Å². The smallest absolute Gasteiger partial charge is 0.312 e. The van der Waals surface area contributed by atoms with Gasteiger partial charge in [-0.25, -0.2) is 0 Å². The molecule has 3 unspecified atom stereocenters. The van der Waals surface area contributed by atoms with Crippen molar-refractivity contribution in [3.05, 3.63) is 12.2 Å². The lowest BCUT2D eigenvalue weighted by Gasteiger charge is -2.43. The van der Waals surface area contributed by atoms with E-state index in [2.05, 4.69) is 19.1 Å². The lowest BCUT2D eigenvalue weighted by molar-refractivity contribution is -0.935. The van der Waals surface area contributed by atoms with Gasteiger partial charge in [-0.15, -0.1) is 0 Å². The van der Waals surface area contributed by atoms with Crippen LogP contribution in [0.3, 0.4) is 0 Å². The van der Waals surface area contributed by atoms with E-state index in [1.54, 1.807) is 0 Å². The summed E-state index contributed by atoms with van der Waals surface area (Å²) in [5.74, 6) is -4.52. The second kappa shape index (κ2) is 24.7. The summed E-state index contributed by atoms with van der Waals surface area (Å²) in [4.78, 5) is 35.9. The first kappa shape index (κ1) is 39.1. The topological polar surface area (TPSA) is 112 Å². The van der Waals surface area contributed by atoms with Gasteiger partial charge < -0.3 is 19.8 Å². The molecule has 0 heterocycles. The summed E-state index contributed by atoms with van der Waals surface area (Å²) in [5, 5.41) is 29.4. The number of carbonyl (C=O) groups is 3. The first-order chi connectivity index (χ1) is 19.7. The number of hydrogen-bond acceptors (Lipinski definition) is 3. The minimum absolute atomic E-state index is 0.255. The summed E-state index contributed by atoms with van der Waals surface area (Å²) in [7, 11) is 0. The predicted octanol–water partition coefficient (Wildman–Crippen LogP) is 8.56. The number of hydrogen-bond donors (Lipinski definition) is 3. The summed E-state index contributed by atoms with van der Waals surface area (Å²) in [6.45, 7) is 9.23. The molecule has 0 amide bonds. The van der Waals surface area contributed by atoms with Gasteiger partial charge in [0.25, 0.3) is 0 Å². The summed E-state index contributed by atoms with van der Waals surface area (Å²) < 4.78 is 0.255. The Labute approximate surface area is 251 Å². The number of carboxylic acid groups (broad SMARTS) is 3. The van der Waals surface area contributed by atoms with E-state index in [0.717, 1.165) is 32.1 Å². The van der Waals surface area contributed by atoms with E-state index in [0.29, 0.717) is 25.8 Å². The zero-order chi connectivity index (χ0) is 30.9. The Morgan fingerprint density at radius 3 is 1.15 bits per heavy atom. The molecule has 0 aromatic rings. The average molecular weight is 583 g/mol. The van der Waals surface area contributed by atoms with Gasteiger partial charge in [-0.05, 0) is 57.8 Å². The van der Waals surface area contributed by atoms with Gasteiger partial charge in [0, 0.05) is 0 Å². The maximum Gasteiger partial charge on any atom is 0.312 e. The minimum atomic E-state index is -0.890. The number of carboxylic acids is 3. The molecule has 0 rings (SSSR count). The molecule has 0 saturated carbocycles. The third-order valence-corrected chi connectivity index (χ3v) is 8.74. The fraction of sp³-hybridized carbons (Fsp3) is 0.853. The summed E-state index contributed by atoms with van der Waals surface area (Å²) >= 11 is 0. The van der Waals surface area contributed by atoms with Crippen LogP contribution in [0.2, 0.25) is 0 Å². The highest BCUT2D eigenvalue weighted by molar-refractivity contribution is 5.71. The molecule has 41 heavy (non-hydrogen) atoms. The fourth-order valence-corrected chi connectivity index (χ4v) is 5.92. The quantitative estimate of drug-likeness (QED) is 0.0463. The summed E-state index contributed by atoms with van der Waals surface area (Å²) in [6.07, 6.45) is 24.2. The van der Waals surface area contributed by atoms with Gasteiger partial charge in [-0.2, -0.15) is 0 Å². The number of nitrogens with zero attached hydrogens (tertiary/aromatic N) is 1. The van der Waals surface area contributed by atoms with Crippen molar-refractivity contribution in [3.8, 4) is 0 Å². The van der Waals surface area contributed by atoms with Gasteiger partial charge in [-0.3, -0.25) is 14.4 Å². The second-order valence-corrected chi connectivity index (χ2v) is 12.2. The Morgan fingerprint density at radius 2 is 0.829 bits per heavy atom. The van der Waals surface area contributed by atoms with Crippen LogP contribution in [-0.2, 0) is 14.4 Å². The molecule has 0 spiro atoms. The molecule has 7 nitrogen and oxygen atoms in total. The van der Waals surface area contributed by atoms with Crippen LogP contribution in [-0.4, -0.2) is 63.9 Å². The number of aliphatic carboxylic acids is 3. The normalized spacial score (nSPS) is 15.4. The fourth-order valence-electron chi connectivity index (χ4n) is 5.92. The predicted molar refractivity (Wildman–Crippen MR) is 168 cm³/mol. The van der Waals surface area contributed by atoms with Crippen LogP contribution in [0.25, 0.3) is 0 Å². The van der Waals surface area contributed by atoms with Crippen molar-refractivity contribution in [2.75, 3.05) is 26.2 Å². The molecular weight excluding hydrogens is 518 g/mol. The van der Waals surface area contributed by atoms with Crippen LogP contribution >= 0.6 is 0 Å². The van der Waals surface area contributed by atoms with Gasteiger partial charge in [-0.1, -0.05) is 97.6 Å². The maximum atomic E-state index is 12.0. The largest absolute Gasteiger partial charge is 0.481 e. The van der Waals surface area contributed by atoms with E-state index < -0.39 is 35.7 Å². The number of rotatable bonds is 29. The molecule has 240 valence electrons. The van der Waals surface area contributed by atoms with Crippen LogP contribution in [0.5, 0.6) is 0 Å². The minimum Gasteiger partial charge on any atom is -0.481 e. The van der Waals surface area contributed by atoms with E-state index in [1.807, 2.05) is 20.8 Å². The Balaban J connectivity index is 4.81. The third-order valence-electron chi connectivity index (χ3n) is 8.74. The highest BCUT2D eigenvalue weighted by atomic mass is 16.4. The number of unbranched alkanes of at least 4 members (excludes halogenated alkanes) is 13. The van der Waals surface area contributed by atoms with Crippen LogP contribution < -0.4 is 0 Å². The summed E-state index contributed by atoms with van der Waals surface area (Å²) in [6, 6.07) is 0. The van der Waals surface area contributed by atoms with E-state index in [-0.39, 0.29) is 24.1 Å². The maximum absolute atomic E-state index is 12.0. The lowest BCUT2D eigenvalue weighted by atomic mass is 9.95. The van der Waals surface area contributed by atoms with Gasteiger partial charge >= 0.3 is 17.9 Å². The van der Waals surface area contributed by atoms with E-state index in [4.69, 9.17) is 0 Å². The molecule has 0 aromatic carbocycles. The number of quaternary nitrogens is 1. The zero-order valence-electron chi connectivity index (χ0n) is 27.0. The zero-order valence-corrected chi connectivity index (χ0v) is 27.0. The molecule has 0 aliphatic carbocycles. The molecule has 3 N–H and O–H groups in total. The Bertz CT molecular complexity index is 662. The van der Waals surface area contributed by atoms with Crippen LogP contribution in [0, 0.1) is 17.8 Å². The Morgan fingerprint density at radius 1 is 0.512 bits per heavy atom. The molecule has 7 heteroatoms. The Hall–Kier alpha value is -1.89. The summed E-state index contributed by atoms with van der Waals surface area (Å²) in [5.41, 5.74) is 0. The van der Waals surface area contributed by atoms with Crippen LogP contribution in [0.1, 0.15) is 143 Å². The SMILES string of the molecule is CCCCCCCC/C=C/CCCCCCCCC[N+](CC(CC)C(=O)O)(CC(CC)C(=O)O)CC(CC)C(=O)O. The highest BCUT2D eigenvalue weighted by Gasteiger charge is 2.40. The van der Waals surface area contributed by atoms with Crippen molar-refractivity contribution in [1.29, 1.82) is 0 Å². The first-order valence-electron chi connectivity index (χ1n) is 16.8. The van der Waals surface area contributed by atoms with Gasteiger partial charge in [0.15, 0.2) is 0 Å². The van der Waals surface area contributed by atoms with Crippen molar-refractivity contribution in [1.82, 2.24) is 0 Å². The standard InChI is InChI=1S/C34H63NO6/c1-5-9-10-11-12-13-14-15-16-17-18-19-20-21-22-23-24-25-35(26-29(6-2)32(36)37,27-30(7-3)33(38)39)28-31(8-4)34(40)41/h15-16,29-31H,5-14,17-28H2,1-4H3,(H2-,36,37,38,39,40,41)/p+1/b16-15+. The van der Waals surface area contributed by atoms with Crippen molar-refractivity contribution >= 4 is 17.9 Å². The molecule has 0 fully saturated rings. The Kier molecular flexibility index (Phi) is 23.5. The molecule has 0 radical (unpaired) electrons. The molecule has 0 saturated heterocycles. The molecule has 0 aromatic heterocycles. The third kappa shape index (κ3) is 19.0. The molecule has 0 bridgehead atoms. The second-order valence-electron chi connectivity index (χ2n) is 12.2.